The Morgan fingerprint density at radius 3 is 2.91 bits per heavy atom. The highest BCUT2D eigenvalue weighted by Crippen LogP contribution is 2.36. The second-order valence-electron chi connectivity index (χ2n) is 5.16. The summed E-state index contributed by atoms with van der Waals surface area (Å²) in [5.41, 5.74) is 2.24. The standard InChI is InChI=1S/C17H13F2N2O/c1-2-14-20-12-7-6-11(18)15(19)16(12)21(14)13-5-3-4-10-8-9-22-17(10)13/h3-8H,2,9H2,1H3. The number of nitrogens with zero attached hydrogens (tertiary/aromatic N) is 2. The summed E-state index contributed by atoms with van der Waals surface area (Å²) in [7, 11) is 0. The minimum absolute atomic E-state index is 0.153. The van der Waals surface area contributed by atoms with Gasteiger partial charge in [0.1, 0.15) is 17.1 Å². The van der Waals surface area contributed by atoms with Gasteiger partial charge in [-0.1, -0.05) is 19.1 Å². The molecular weight excluding hydrogens is 286 g/mol. The molecule has 1 radical (unpaired) electrons. The van der Waals surface area contributed by atoms with Gasteiger partial charge in [0.25, 0.3) is 0 Å². The number of fused-ring (bicyclic) bond motifs is 2. The highest BCUT2D eigenvalue weighted by atomic mass is 19.2. The van der Waals surface area contributed by atoms with Crippen LogP contribution >= 0.6 is 0 Å². The first-order valence-electron chi connectivity index (χ1n) is 7.15. The van der Waals surface area contributed by atoms with Crippen molar-refractivity contribution in [1.82, 2.24) is 9.55 Å². The molecule has 111 valence electrons. The molecule has 22 heavy (non-hydrogen) atoms. The molecule has 0 saturated carbocycles. The molecule has 0 bridgehead atoms. The molecule has 3 aromatic rings. The van der Waals surface area contributed by atoms with Crippen molar-refractivity contribution in [3.05, 3.63) is 59.8 Å². The molecule has 0 unspecified atom stereocenters. The fourth-order valence-corrected chi connectivity index (χ4v) is 2.90. The zero-order valence-corrected chi connectivity index (χ0v) is 11.9. The SMILES string of the molecule is CCc1nc2ccc(F)c(F)c2n1-c1cccc2c1OC[CH]2. The van der Waals surface area contributed by atoms with Gasteiger partial charge < -0.3 is 4.74 Å². The van der Waals surface area contributed by atoms with Crippen LogP contribution in [0.3, 0.4) is 0 Å². The number of para-hydroxylation sites is 1. The lowest BCUT2D eigenvalue weighted by Gasteiger charge is -2.13. The molecule has 0 atom stereocenters. The predicted octanol–water partition coefficient (Wildman–Crippen LogP) is 3.81. The Labute approximate surface area is 126 Å². The van der Waals surface area contributed by atoms with E-state index in [1.807, 2.05) is 31.5 Å². The maximum atomic E-state index is 14.4. The molecule has 2 heterocycles. The summed E-state index contributed by atoms with van der Waals surface area (Å²) in [5.74, 6) is -0.413. The molecule has 1 aromatic heterocycles. The number of hydrogen-bond acceptors (Lipinski definition) is 2. The van der Waals surface area contributed by atoms with Crippen LogP contribution in [0, 0.1) is 18.1 Å². The van der Waals surface area contributed by atoms with Gasteiger partial charge in [0.05, 0.1) is 17.8 Å². The van der Waals surface area contributed by atoms with Crippen LogP contribution in [0.15, 0.2) is 30.3 Å². The highest BCUT2D eigenvalue weighted by molar-refractivity contribution is 5.80. The van der Waals surface area contributed by atoms with Crippen molar-refractivity contribution in [2.45, 2.75) is 13.3 Å². The van der Waals surface area contributed by atoms with E-state index in [4.69, 9.17) is 4.74 Å². The molecule has 0 amide bonds. The lowest BCUT2D eigenvalue weighted by molar-refractivity contribution is 0.375. The number of rotatable bonds is 2. The van der Waals surface area contributed by atoms with Gasteiger partial charge in [-0.3, -0.25) is 4.57 Å². The molecule has 0 spiro atoms. The van der Waals surface area contributed by atoms with Crippen molar-refractivity contribution in [2.24, 2.45) is 0 Å². The van der Waals surface area contributed by atoms with E-state index in [9.17, 15) is 8.78 Å². The van der Waals surface area contributed by atoms with Gasteiger partial charge in [-0.2, -0.15) is 0 Å². The summed E-state index contributed by atoms with van der Waals surface area (Å²) in [5, 5.41) is 0. The van der Waals surface area contributed by atoms with Crippen molar-refractivity contribution in [2.75, 3.05) is 6.61 Å². The monoisotopic (exact) mass is 299 g/mol. The van der Waals surface area contributed by atoms with Gasteiger partial charge in [0.2, 0.25) is 0 Å². The Kier molecular flexibility index (Phi) is 2.89. The summed E-state index contributed by atoms with van der Waals surface area (Å²) in [6.45, 7) is 2.42. The molecule has 4 rings (SSSR count). The van der Waals surface area contributed by atoms with Crippen LogP contribution < -0.4 is 4.74 Å². The predicted molar refractivity (Wildman–Crippen MR) is 79.3 cm³/mol. The second kappa shape index (κ2) is 4.80. The van der Waals surface area contributed by atoms with E-state index in [2.05, 4.69) is 4.98 Å². The van der Waals surface area contributed by atoms with Crippen molar-refractivity contribution in [1.29, 1.82) is 0 Å². The van der Waals surface area contributed by atoms with Crippen molar-refractivity contribution in [3.63, 3.8) is 0 Å². The molecule has 5 heteroatoms. The van der Waals surface area contributed by atoms with Gasteiger partial charge in [0, 0.05) is 18.4 Å². The Balaban J connectivity index is 2.10. The van der Waals surface area contributed by atoms with Crippen molar-refractivity contribution < 1.29 is 13.5 Å². The van der Waals surface area contributed by atoms with Crippen LogP contribution in [0.1, 0.15) is 18.3 Å². The first-order valence-corrected chi connectivity index (χ1v) is 7.15. The van der Waals surface area contributed by atoms with E-state index >= 15 is 0 Å². The van der Waals surface area contributed by atoms with E-state index in [1.54, 1.807) is 4.57 Å². The third-order valence-electron chi connectivity index (χ3n) is 3.89. The van der Waals surface area contributed by atoms with Crippen molar-refractivity contribution >= 4 is 11.0 Å². The van der Waals surface area contributed by atoms with E-state index in [1.165, 1.54) is 6.07 Å². The first kappa shape index (κ1) is 13.2. The summed E-state index contributed by atoms with van der Waals surface area (Å²) < 4.78 is 35.3. The number of imidazole rings is 1. The summed E-state index contributed by atoms with van der Waals surface area (Å²) in [4.78, 5) is 4.43. The van der Waals surface area contributed by atoms with Gasteiger partial charge in [-0.05, 0) is 18.2 Å². The van der Waals surface area contributed by atoms with Crippen LogP contribution in [0.2, 0.25) is 0 Å². The zero-order chi connectivity index (χ0) is 15.3. The average molecular weight is 299 g/mol. The van der Waals surface area contributed by atoms with E-state index in [0.717, 1.165) is 11.6 Å². The van der Waals surface area contributed by atoms with Gasteiger partial charge in [-0.15, -0.1) is 0 Å². The maximum absolute atomic E-state index is 14.4. The average Bonchev–Trinajstić information content (AvgIpc) is 3.14. The molecule has 0 aliphatic carbocycles. The van der Waals surface area contributed by atoms with Crippen LogP contribution in [0.5, 0.6) is 5.75 Å². The lowest BCUT2D eigenvalue weighted by Crippen LogP contribution is -2.04. The number of halogens is 2. The maximum Gasteiger partial charge on any atom is 0.185 e. The molecule has 0 saturated heterocycles. The number of aryl methyl sites for hydroxylation is 1. The molecular formula is C17H13F2N2O. The Hall–Kier alpha value is -2.43. The molecule has 1 aliphatic rings. The minimum atomic E-state index is -0.885. The Morgan fingerprint density at radius 1 is 1.23 bits per heavy atom. The van der Waals surface area contributed by atoms with E-state index < -0.39 is 11.6 Å². The smallest absolute Gasteiger partial charge is 0.185 e. The second-order valence-corrected chi connectivity index (χ2v) is 5.16. The molecule has 1 aliphatic heterocycles. The lowest BCUT2D eigenvalue weighted by atomic mass is 10.1. The van der Waals surface area contributed by atoms with Crippen molar-refractivity contribution in [3.8, 4) is 11.4 Å². The number of benzene rings is 2. The largest absolute Gasteiger partial charge is 0.490 e. The minimum Gasteiger partial charge on any atom is -0.490 e. The molecule has 3 nitrogen and oxygen atoms in total. The fraction of sp³-hybridized carbons (Fsp3) is 0.176. The van der Waals surface area contributed by atoms with Gasteiger partial charge in [0.15, 0.2) is 11.6 Å². The number of hydrogen-bond donors (Lipinski definition) is 0. The molecule has 0 fully saturated rings. The van der Waals surface area contributed by atoms with Gasteiger partial charge in [-0.25, -0.2) is 13.8 Å². The zero-order valence-electron chi connectivity index (χ0n) is 11.9. The first-order chi connectivity index (χ1) is 10.7. The van der Waals surface area contributed by atoms with E-state index in [0.29, 0.717) is 35.8 Å². The summed E-state index contributed by atoms with van der Waals surface area (Å²) in [6.07, 6.45) is 2.56. The van der Waals surface area contributed by atoms with Crippen LogP contribution in [0.25, 0.3) is 16.7 Å². The third-order valence-corrected chi connectivity index (χ3v) is 3.89. The van der Waals surface area contributed by atoms with Crippen LogP contribution in [-0.4, -0.2) is 16.2 Å². The quantitative estimate of drug-likeness (QED) is 0.719. The Bertz CT molecular complexity index is 886. The Morgan fingerprint density at radius 2 is 2.09 bits per heavy atom. The normalized spacial score (nSPS) is 13.4. The summed E-state index contributed by atoms with van der Waals surface area (Å²) in [6, 6.07) is 8.26. The van der Waals surface area contributed by atoms with Gasteiger partial charge >= 0.3 is 0 Å². The third kappa shape index (κ3) is 1.75. The number of ether oxygens (including phenoxy) is 1. The van der Waals surface area contributed by atoms with Crippen LogP contribution in [0.4, 0.5) is 8.78 Å². The topological polar surface area (TPSA) is 27.1 Å². The fourth-order valence-electron chi connectivity index (χ4n) is 2.90. The van der Waals surface area contributed by atoms with E-state index in [-0.39, 0.29) is 5.52 Å². The molecule has 0 N–H and O–H groups in total. The summed E-state index contributed by atoms with van der Waals surface area (Å²) >= 11 is 0. The molecule has 2 aromatic carbocycles. The van der Waals surface area contributed by atoms with Crippen LogP contribution in [-0.2, 0) is 6.42 Å². The highest BCUT2D eigenvalue weighted by Gasteiger charge is 2.23. The number of aromatic nitrogens is 2.